The van der Waals surface area contributed by atoms with Crippen LogP contribution in [-0.4, -0.2) is 24.0 Å². The van der Waals surface area contributed by atoms with Gasteiger partial charge < -0.3 is 14.2 Å². The van der Waals surface area contributed by atoms with Crippen molar-refractivity contribution < 1.29 is 28.6 Å². The average molecular weight is 553 g/mol. The molecular formula is C35H36O6. The molecule has 0 amide bonds. The van der Waals surface area contributed by atoms with Crippen LogP contribution in [0.15, 0.2) is 91.0 Å². The van der Waals surface area contributed by atoms with Crippen LogP contribution in [-0.2, 0) is 9.47 Å². The number of carbonyl (C=O) groups excluding carboxylic acids is 3. The summed E-state index contributed by atoms with van der Waals surface area (Å²) in [4.78, 5) is 39.1. The second-order valence-corrected chi connectivity index (χ2v) is 10.2. The summed E-state index contributed by atoms with van der Waals surface area (Å²) >= 11 is 0. The van der Waals surface area contributed by atoms with Gasteiger partial charge in [-0.1, -0.05) is 81.3 Å². The van der Waals surface area contributed by atoms with Gasteiger partial charge in [-0.2, -0.15) is 0 Å². The van der Waals surface area contributed by atoms with Gasteiger partial charge in [0, 0.05) is 5.39 Å². The Kier molecular flexibility index (Phi) is 9.91. The zero-order valence-corrected chi connectivity index (χ0v) is 24.0. The smallest absolute Gasteiger partial charge is 0.344 e. The molecule has 0 bridgehead atoms. The molecule has 0 N–H and O–H groups in total. The van der Waals surface area contributed by atoms with Gasteiger partial charge in [-0.15, -0.1) is 0 Å². The first kappa shape index (κ1) is 29.5. The summed E-state index contributed by atoms with van der Waals surface area (Å²) in [5.41, 5.74) is 1.57. The van der Waals surface area contributed by atoms with E-state index in [1.54, 1.807) is 54.6 Å². The molecule has 0 aliphatic rings. The number of ether oxygens (including phenoxy) is 3. The number of fused-ring (bicyclic) bond motifs is 1. The molecule has 6 heteroatoms. The Labute approximate surface area is 241 Å². The van der Waals surface area contributed by atoms with Crippen molar-refractivity contribution in [2.45, 2.75) is 59.2 Å². The molecular weight excluding hydrogens is 516 g/mol. The lowest BCUT2D eigenvalue weighted by atomic mass is 9.97. The molecule has 41 heavy (non-hydrogen) atoms. The highest BCUT2D eigenvalue weighted by Crippen LogP contribution is 2.29. The van der Waals surface area contributed by atoms with E-state index in [-0.39, 0.29) is 17.2 Å². The highest BCUT2D eigenvalue weighted by molar-refractivity contribution is 6.05. The topological polar surface area (TPSA) is 78.9 Å². The van der Waals surface area contributed by atoms with Gasteiger partial charge in [0.25, 0.3) is 0 Å². The van der Waals surface area contributed by atoms with Crippen molar-refractivity contribution in [2.24, 2.45) is 5.92 Å². The predicted octanol–water partition coefficient (Wildman–Crippen LogP) is 8.35. The minimum Gasteiger partial charge on any atom is -0.459 e. The quantitative estimate of drug-likeness (QED) is 0.137. The molecule has 0 aromatic heterocycles. The summed E-state index contributed by atoms with van der Waals surface area (Å²) in [5, 5.41) is 1.35. The molecule has 212 valence electrons. The number of benzene rings is 4. The van der Waals surface area contributed by atoms with Gasteiger partial charge in [0.15, 0.2) is 0 Å². The van der Waals surface area contributed by atoms with Gasteiger partial charge in [0.05, 0.1) is 22.8 Å². The van der Waals surface area contributed by atoms with E-state index in [0.717, 1.165) is 24.8 Å². The van der Waals surface area contributed by atoms with E-state index in [0.29, 0.717) is 28.0 Å². The highest BCUT2D eigenvalue weighted by Gasteiger charge is 2.23. The number of hydrogen-bond acceptors (Lipinski definition) is 6. The normalized spacial score (nSPS) is 12.5. The van der Waals surface area contributed by atoms with Crippen molar-refractivity contribution >= 4 is 28.7 Å². The maximum atomic E-state index is 13.3. The predicted molar refractivity (Wildman–Crippen MR) is 159 cm³/mol. The Bertz CT molecular complexity index is 1510. The summed E-state index contributed by atoms with van der Waals surface area (Å²) in [6.07, 6.45) is 2.12. The van der Waals surface area contributed by atoms with Crippen LogP contribution in [0.5, 0.6) is 5.75 Å². The average Bonchev–Trinajstić information content (AvgIpc) is 3.00. The largest absolute Gasteiger partial charge is 0.459 e. The van der Waals surface area contributed by atoms with Crippen molar-refractivity contribution in [1.82, 2.24) is 0 Å². The molecule has 0 fully saturated rings. The molecule has 0 unspecified atom stereocenters. The van der Waals surface area contributed by atoms with E-state index in [2.05, 4.69) is 13.8 Å². The van der Waals surface area contributed by atoms with Gasteiger partial charge in [0.2, 0.25) is 0 Å². The van der Waals surface area contributed by atoms with E-state index in [1.807, 2.05) is 50.2 Å². The SMILES string of the molecule is CCC(CC)C[C@@H](C)OC(=O)c1ccccc1C(=O)Oc1cccc2cc(C(=O)O[C@H](C)c3ccccc3)ccc12. The number of carbonyl (C=O) groups is 3. The summed E-state index contributed by atoms with van der Waals surface area (Å²) in [5.74, 6) is -0.884. The van der Waals surface area contributed by atoms with Gasteiger partial charge in [0.1, 0.15) is 11.9 Å². The first-order valence-corrected chi connectivity index (χ1v) is 14.1. The molecule has 0 radical (unpaired) electrons. The van der Waals surface area contributed by atoms with Crippen molar-refractivity contribution in [3.63, 3.8) is 0 Å². The number of rotatable bonds is 11. The zero-order valence-electron chi connectivity index (χ0n) is 24.0. The molecule has 0 heterocycles. The molecule has 4 rings (SSSR count). The van der Waals surface area contributed by atoms with Crippen molar-refractivity contribution in [2.75, 3.05) is 0 Å². The lowest BCUT2D eigenvalue weighted by Gasteiger charge is -2.19. The fourth-order valence-electron chi connectivity index (χ4n) is 4.87. The van der Waals surface area contributed by atoms with Crippen LogP contribution in [0.1, 0.15) is 89.7 Å². The molecule has 0 saturated carbocycles. The third-order valence-corrected chi connectivity index (χ3v) is 7.33. The third-order valence-electron chi connectivity index (χ3n) is 7.33. The minimum absolute atomic E-state index is 0.124. The van der Waals surface area contributed by atoms with Crippen LogP contribution in [0.4, 0.5) is 0 Å². The Morgan fingerprint density at radius 2 is 1.34 bits per heavy atom. The Morgan fingerprint density at radius 3 is 2.02 bits per heavy atom. The molecule has 4 aromatic rings. The second-order valence-electron chi connectivity index (χ2n) is 10.2. The number of esters is 3. The van der Waals surface area contributed by atoms with Crippen LogP contribution < -0.4 is 4.74 Å². The molecule has 2 atom stereocenters. The Morgan fingerprint density at radius 1 is 0.683 bits per heavy atom. The van der Waals surface area contributed by atoms with Crippen LogP contribution in [0.3, 0.4) is 0 Å². The van der Waals surface area contributed by atoms with Crippen LogP contribution in [0.25, 0.3) is 10.8 Å². The molecule has 0 aliphatic carbocycles. The van der Waals surface area contributed by atoms with Gasteiger partial charge in [-0.05, 0) is 73.5 Å². The fraction of sp³-hybridized carbons (Fsp3) is 0.286. The van der Waals surface area contributed by atoms with E-state index in [1.165, 1.54) is 0 Å². The molecule has 4 aromatic carbocycles. The summed E-state index contributed by atoms with van der Waals surface area (Å²) in [6.45, 7) is 7.95. The third kappa shape index (κ3) is 7.40. The van der Waals surface area contributed by atoms with Gasteiger partial charge in [-0.3, -0.25) is 0 Å². The molecule has 0 spiro atoms. The second kappa shape index (κ2) is 13.8. The summed E-state index contributed by atoms with van der Waals surface area (Å²) < 4.78 is 17.1. The standard InChI is InChI=1S/C35H36O6/c1-5-25(6-2)21-23(3)39-34(37)30-16-10-11-17-31(30)35(38)41-32-18-12-15-27-22-28(19-20-29(27)32)33(36)40-24(4)26-13-8-7-9-14-26/h7-20,22-25H,5-6,21H2,1-4H3/t23-,24-/m1/s1. The van der Waals surface area contributed by atoms with E-state index < -0.39 is 24.0 Å². The first-order valence-electron chi connectivity index (χ1n) is 14.1. The summed E-state index contributed by atoms with van der Waals surface area (Å²) in [7, 11) is 0. The van der Waals surface area contributed by atoms with E-state index >= 15 is 0 Å². The lowest BCUT2D eigenvalue weighted by Crippen LogP contribution is -2.21. The lowest BCUT2D eigenvalue weighted by molar-refractivity contribution is 0.0279. The van der Waals surface area contributed by atoms with Crippen LogP contribution in [0, 0.1) is 5.92 Å². The van der Waals surface area contributed by atoms with E-state index in [9.17, 15) is 14.4 Å². The van der Waals surface area contributed by atoms with Crippen molar-refractivity contribution in [1.29, 1.82) is 0 Å². The first-order chi connectivity index (χ1) is 19.8. The van der Waals surface area contributed by atoms with Crippen LogP contribution in [0.2, 0.25) is 0 Å². The Balaban J connectivity index is 1.49. The van der Waals surface area contributed by atoms with E-state index in [4.69, 9.17) is 14.2 Å². The summed E-state index contributed by atoms with van der Waals surface area (Å²) in [6, 6.07) is 26.3. The minimum atomic E-state index is -0.669. The van der Waals surface area contributed by atoms with Crippen molar-refractivity contribution in [3.8, 4) is 5.75 Å². The maximum Gasteiger partial charge on any atom is 0.344 e. The molecule has 0 saturated heterocycles. The van der Waals surface area contributed by atoms with Gasteiger partial charge in [-0.25, -0.2) is 14.4 Å². The molecule has 6 nitrogen and oxygen atoms in total. The molecule has 0 aliphatic heterocycles. The van der Waals surface area contributed by atoms with Gasteiger partial charge >= 0.3 is 17.9 Å². The Hall–Kier alpha value is -4.45. The zero-order chi connectivity index (χ0) is 29.4. The maximum absolute atomic E-state index is 13.3. The monoisotopic (exact) mass is 552 g/mol. The van der Waals surface area contributed by atoms with Crippen LogP contribution >= 0.6 is 0 Å². The number of hydrogen-bond donors (Lipinski definition) is 0. The van der Waals surface area contributed by atoms with Crippen molar-refractivity contribution in [3.05, 3.63) is 113 Å². The highest BCUT2D eigenvalue weighted by atomic mass is 16.6. The fourth-order valence-corrected chi connectivity index (χ4v) is 4.87.